The number of carboxylic acid groups (broad SMARTS) is 1. The molecule has 0 aliphatic carbocycles. The average molecular weight is 751 g/mol. The van der Waals surface area contributed by atoms with Crippen molar-refractivity contribution < 1.29 is 23.8 Å². The van der Waals surface area contributed by atoms with Crippen molar-refractivity contribution in [1.29, 1.82) is 0 Å². The average Bonchev–Trinajstić information content (AvgIpc) is 3.84. The number of thiazole rings is 1. The van der Waals surface area contributed by atoms with Gasteiger partial charge in [0.2, 0.25) is 11.8 Å². The van der Waals surface area contributed by atoms with Crippen molar-refractivity contribution in [2.75, 3.05) is 25.5 Å². The Hall–Kier alpha value is -4.40. The molecule has 2 saturated heterocycles. The van der Waals surface area contributed by atoms with Gasteiger partial charge >= 0.3 is 5.97 Å². The number of halogens is 3. The SMILES string of the molecule is COc1nc(-c2cccc(-c3cccc(Nc4nccc5sc(CN6C[C@@H](F)C[C@H]6C(=O)O)nc45)c3Cl)c2Cl)ccc1CNC[C@@H]1CCC(=O)N1. The molecule has 5 heterocycles. The van der Waals surface area contributed by atoms with Gasteiger partial charge in [0.1, 0.15) is 22.7 Å². The Kier molecular flexibility index (Phi) is 10.3. The molecule has 0 spiro atoms. The summed E-state index contributed by atoms with van der Waals surface area (Å²) >= 11 is 15.5. The molecule has 264 valence electrons. The lowest BCUT2D eigenvalue weighted by atomic mass is 10.00. The lowest BCUT2D eigenvalue weighted by Gasteiger charge is -2.18. The number of alkyl halides is 1. The van der Waals surface area contributed by atoms with E-state index in [1.807, 2.05) is 54.6 Å². The zero-order valence-corrected chi connectivity index (χ0v) is 29.8. The molecular weight excluding hydrogens is 716 g/mol. The minimum atomic E-state index is -1.19. The van der Waals surface area contributed by atoms with E-state index in [4.69, 9.17) is 37.9 Å². The van der Waals surface area contributed by atoms with Crippen molar-refractivity contribution in [2.45, 2.75) is 50.6 Å². The highest BCUT2D eigenvalue weighted by molar-refractivity contribution is 7.18. The number of anilines is 2. The summed E-state index contributed by atoms with van der Waals surface area (Å²) < 4.78 is 20.6. The number of amides is 1. The van der Waals surface area contributed by atoms with Gasteiger partial charge in [-0.2, -0.15) is 0 Å². The Morgan fingerprint density at radius 2 is 1.88 bits per heavy atom. The normalized spacial score (nSPS) is 19.1. The summed E-state index contributed by atoms with van der Waals surface area (Å²) in [6.45, 7) is 1.46. The van der Waals surface area contributed by atoms with Crippen LogP contribution in [-0.4, -0.2) is 75.3 Å². The number of benzene rings is 2. The van der Waals surface area contributed by atoms with Gasteiger partial charge in [0.05, 0.1) is 39.8 Å². The van der Waals surface area contributed by atoms with E-state index in [1.54, 1.807) is 18.2 Å². The van der Waals surface area contributed by atoms with E-state index < -0.39 is 18.2 Å². The number of pyridine rings is 2. The number of rotatable bonds is 12. The number of carbonyl (C=O) groups excluding carboxylic acids is 1. The van der Waals surface area contributed by atoms with Gasteiger partial charge in [-0.05, 0) is 24.6 Å². The summed E-state index contributed by atoms with van der Waals surface area (Å²) in [6.07, 6.45) is 1.82. The minimum absolute atomic E-state index is 0.0326. The number of nitrogens with one attached hydrogen (secondary N) is 3. The molecule has 2 aliphatic heterocycles. The van der Waals surface area contributed by atoms with Gasteiger partial charge in [-0.25, -0.2) is 19.3 Å². The standard InChI is InChI=1S/C36H34Cl2FN7O4S/c1-50-35-19(15-40-16-21-9-11-29(47)42-21)8-10-25(44-35)24-6-2-4-22(31(24)37)23-5-3-7-26(32(23)38)43-34-33-28(12-13-41-34)51-30(45-33)18-46-17-20(39)14-27(46)36(48)49/h2-8,10,12-13,20-21,27,40H,9,11,14-18H2,1H3,(H,41,43)(H,42,47)(H,48,49)/t20-,21-,27-/m0/s1. The first-order valence-electron chi connectivity index (χ1n) is 16.4. The summed E-state index contributed by atoms with van der Waals surface area (Å²) in [5.41, 5.74) is 4.82. The second kappa shape index (κ2) is 15.1. The molecule has 51 heavy (non-hydrogen) atoms. The van der Waals surface area contributed by atoms with E-state index in [0.717, 1.165) is 16.7 Å². The fourth-order valence-electron chi connectivity index (χ4n) is 6.56. The first kappa shape index (κ1) is 35.0. The number of hydrogen-bond donors (Lipinski definition) is 4. The van der Waals surface area contributed by atoms with Crippen LogP contribution in [0.4, 0.5) is 15.9 Å². The predicted molar refractivity (Wildman–Crippen MR) is 197 cm³/mol. The van der Waals surface area contributed by atoms with E-state index in [9.17, 15) is 19.1 Å². The number of fused-ring (bicyclic) bond motifs is 1. The third-order valence-electron chi connectivity index (χ3n) is 9.07. The highest BCUT2D eigenvalue weighted by atomic mass is 35.5. The van der Waals surface area contributed by atoms with Crippen LogP contribution < -0.4 is 20.7 Å². The zero-order chi connectivity index (χ0) is 35.6. The molecule has 1 amide bonds. The number of aromatic nitrogens is 3. The second-order valence-electron chi connectivity index (χ2n) is 12.5. The maximum Gasteiger partial charge on any atom is 0.321 e. The number of likely N-dealkylation sites (tertiary alicyclic amines) is 1. The molecule has 7 rings (SSSR count). The number of carbonyl (C=O) groups is 2. The molecule has 3 aromatic heterocycles. The van der Waals surface area contributed by atoms with Gasteiger partial charge in [-0.1, -0.05) is 59.6 Å². The molecule has 0 saturated carbocycles. The molecule has 11 nitrogen and oxygen atoms in total. The molecule has 2 fully saturated rings. The van der Waals surface area contributed by atoms with Crippen LogP contribution in [0.3, 0.4) is 0 Å². The van der Waals surface area contributed by atoms with Crippen LogP contribution in [0.5, 0.6) is 5.88 Å². The Bertz CT molecular complexity index is 2120. The highest BCUT2D eigenvalue weighted by Gasteiger charge is 2.37. The summed E-state index contributed by atoms with van der Waals surface area (Å²) in [6, 6.07) is 16.2. The summed E-state index contributed by atoms with van der Waals surface area (Å²) in [4.78, 5) is 38.8. The Morgan fingerprint density at radius 3 is 2.65 bits per heavy atom. The van der Waals surface area contributed by atoms with Gasteiger partial charge in [-0.15, -0.1) is 11.3 Å². The molecule has 5 aromatic rings. The fraction of sp³-hybridized carbons (Fsp3) is 0.306. The molecule has 2 aliphatic rings. The van der Waals surface area contributed by atoms with Gasteiger partial charge in [-0.3, -0.25) is 14.5 Å². The van der Waals surface area contributed by atoms with Crippen LogP contribution in [-0.2, 0) is 22.7 Å². The van der Waals surface area contributed by atoms with Crippen molar-refractivity contribution in [3.63, 3.8) is 0 Å². The minimum Gasteiger partial charge on any atom is -0.481 e. The predicted octanol–water partition coefficient (Wildman–Crippen LogP) is 6.84. The van der Waals surface area contributed by atoms with Crippen LogP contribution in [0.15, 0.2) is 60.8 Å². The van der Waals surface area contributed by atoms with E-state index in [-0.39, 0.29) is 31.5 Å². The van der Waals surface area contributed by atoms with Crippen LogP contribution in [0, 0.1) is 0 Å². The van der Waals surface area contributed by atoms with Gasteiger partial charge < -0.3 is 25.8 Å². The lowest BCUT2D eigenvalue weighted by molar-refractivity contribution is -0.142. The number of hydrogen-bond acceptors (Lipinski definition) is 10. The van der Waals surface area contributed by atoms with Crippen molar-refractivity contribution in [3.8, 4) is 28.3 Å². The first-order chi connectivity index (χ1) is 24.7. The van der Waals surface area contributed by atoms with Crippen molar-refractivity contribution in [3.05, 3.63) is 81.4 Å². The zero-order valence-electron chi connectivity index (χ0n) is 27.5. The van der Waals surface area contributed by atoms with E-state index >= 15 is 0 Å². The molecule has 0 unspecified atom stereocenters. The van der Waals surface area contributed by atoms with Crippen LogP contribution in [0.1, 0.15) is 29.8 Å². The van der Waals surface area contributed by atoms with Gasteiger partial charge in [0.25, 0.3) is 0 Å². The molecule has 0 radical (unpaired) electrons. The number of ether oxygens (including phenoxy) is 1. The highest BCUT2D eigenvalue weighted by Crippen LogP contribution is 2.42. The monoisotopic (exact) mass is 749 g/mol. The summed E-state index contributed by atoms with van der Waals surface area (Å²) in [7, 11) is 1.58. The van der Waals surface area contributed by atoms with Crippen molar-refractivity contribution in [2.24, 2.45) is 0 Å². The van der Waals surface area contributed by atoms with Crippen LogP contribution in [0.2, 0.25) is 10.0 Å². The number of nitrogens with zero attached hydrogens (tertiary/aromatic N) is 4. The van der Waals surface area contributed by atoms with E-state index in [1.165, 1.54) is 11.3 Å². The van der Waals surface area contributed by atoms with E-state index in [0.29, 0.717) is 79.8 Å². The van der Waals surface area contributed by atoms with Gasteiger partial charge in [0.15, 0.2) is 5.82 Å². The van der Waals surface area contributed by atoms with Crippen molar-refractivity contribution >= 4 is 68.1 Å². The maximum atomic E-state index is 14.1. The number of aliphatic carboxylic acids is 1. The molecule has 2 aromatic carbocycles. The molecule has 4 N–H and O–H groups in total. The Balaban J connectivity index is 1.11. The maximum absolute atomic E-state index is 14.1. The number of methoxy groups -OCH3 is 1. The first-order valence-corrected chi connectivity index (χ1v) is 18.0. The fourth-order valence-corrected chi connectivity index (χ4v) is 8.15. The molecular formula is C36H34Cl2FN7O4S. The van der Waals surface area contributed by atoms with Crippen molar-refractivity contribution in [1.82, 2.24) is 30.5 Å². The van der Waals surface area contributed by atoms with E-state index in [2.05, 4.69) is 20.9 Å². The summed E-state index contributed by atoms with van der Waals surface area (Å²) in [5, 5.41) is 20.8. The smallest absolute Gasteiger partial charge is 0.321 e. The third-order valence-corrected chi connectivity index (χ3v) is 10.9. The third kappa shape index (κ3) is 7.49. The summed E-state index contributed by atoms with van der Waals surface area (Å²) in [5.74, 6) is 0.00102. The molecule has 3 atom stereocenters. The second-order valence-corrected chi connectivity index (χ2v) is 14.4. The largest absolute Gasteiger partial charge is 0.481 e. The van der Waals surface area contributed by atoms with Crippen LogP contribution >= 0.6 is 34.5 Å². The van der Waals surface area contributed by atoms with Crippen LogP contribution in [0.25, 0.3) is 32.6 Å². The molecule has 0 bridgehead atoms. The van der Waals surface area contributed by atoms with Gasteiger partial charge in [0, 0.05) is 67.0 Å². The Labute approximate surface area is 307 Å². The topological polar surface area (TPSA) is 142 Å². The molecule has 15 heteroatoms. The quantitative estimate of drug-likeness (QED) is 0.107. The number of carboxylic acids is 1. The Morgan fingerprint density at radius 1 is 1.10 bits per heavy atom. The lowest BCUT2D eigenvalue weighted by Crippen LogP contribution is -2.35.